The Bertz CT molecular complexity index is 338. The molecule has 1 atom stereocenters. The first kappa shape index (κ1) is 19.9. The van der Waals surface area contributed by atoms with Gasteiger partial charge in [-0.25, -0.2) is 4.79 Å². The van der Waals surface area contributed by atoms with Crippen LogP contribution in [0.1, 0.15) is 0 Å². The number of nitrogens with one attached hydrogen (secondary N) is 1. The molecule has 1 unspecified atom stereocenters. The van der Waals surface area contributed by atoms with Crippen molar-refractivity contribution in [3.05, 3.63) is 12.7 Å². The predicted molar refractivity (Wildman–Crippen MR) is 78.0 cm³/mol. The molecule has 0 aliphatic heterocycles. The Kier molecular flexibility index (Phi) is 11.0. The molecule has 0 aromatic heterocycles. The minimum Gasteiger partial charge on any atom is -0.445 e. The van der Waals surface area contributed by atoms with Crippen LogP contribution in [-0.4, -0.2) is 75.6 Å². The summed E-state index contributed by atoms with van der Waals surface area (Å²) in [6, 6.07) is 0. The van der Waals surface area contributed by atoms with Gasteiger partial charge in [0, 0.05) is 11.1 Å². The van der Waals surface area contributed by atoms with E-state index in [0.29, 0.717) is 30.8 Å². The molecule has 0 aliphatic carbocycles. The van der Waals surface area contributed by atoms with Crippen LogP contribution in [0.5, 0.6) is 0 Å². The predicted octanol–water partition coefficient (Wildman–Crippen LogP) is 0.658. The summed E-state index contributed by atoms with van der Waals surface area (Å²) in [4.78, 5) is 19.6. The van der Waals surface area contributed by atoms with Crippen molar-refractivity contribution in [1.82, 2.24) is 5.32 Å². The van der Waals surface area contributed by atoms with Gasteiger partial charge in [0.25, 0.3) is 0 Å². The van der Waals surface area contributed by atoms with Crippen molar-refractivity contribution < 1.29 is 32.7 Å². The standard InChI is InChI=1S/C12H23N2O6P/c1-4-8-19-12(15)13-5-9-18-10-6-14(2,3)7-11-20-21(16)17/h4H,1,5-11H2,2-3H3/p+2. The third-order valence-corrected chi connectivity index (χ3v) is 2.99. The number of alkyl carbamates (subject to hydrolysis) is 1. The van der Waals surface area contributed by atoms with Gasteiger partial charge in [-0.05, 0) is 0 Å². The minimum atomic E-state index is -2.53. The molecule has 21 heavy (non-hydrogen) atoms. The molecule has 0 spiro atoms. The van der Waals surface area contributed by atoms with Crippen molar-refractivity contribution >= 4 is 14.3 Å². The maximum atomic E-state index is 11.1. The van der Waals surface area contributed by atoms with E-state index in [1.165, 1.54) is 6.08 Å². The second-order valence-electron chi connectivity index (χ2n) is 4.88. The molecule has 0 saturated heterocycles. The second kappa shape index (κ2) is 11.6. The summed E-state index contributed by atoms with van der Waals surface area (Å²) in [5, 5.41) is 2.54. The molecule has 2 N–H and O–H groups in total. The summed E-state index contributed by atoms with van der Waals surface area (Å²) in [5.74, 6) is 0. The van der Waals surface area contributed by atoms with Crippen LogP contribution in [0.3, 0.4) is 0 Å². The topological polar surface area (TPSA) is 94.1 Å². The van der Waals surface area contributed by atoms with E-state index < -0.39 is 14.3 Å². The highest BCUT2D eigenvalue weighted by Crippen LogP contribution is 2.14. The lowest BCUT2D eigenvalue weighted by Gasteiger charge is -2.28. The van der Waals surface area contributed by atoms with Crippen molar-refractivity contribution in [3.63, 3.8) is 0 Å². The zero-order valence-corrected chi connectivity index (χ0v) is 13.5. The van der Waals surface area contributed by atoms with Gasteiger partial charge >= 0.3 is 14.3 Å². The van der Waals surface area contributed by atoms with Crippen molar-refractivity contribution in [2.45, 2.75) is 0 Å². The normalized spacial score (nSPS) is 11.9. The van der Waals surface area contributed by atoms with Gasteiger partial charge in [-0.3, -0.25) is 0 Å². The number of hydrogen-bond acceptors (Lipinski definition) is 5. The Morgan fingerprint density at radius 2 is 2.00 bits per heavy atom. The molecule has 0 saturated carbocycles. The molecule has 122 valence electrons. The monoisotopic (exact) mass is 324 g/mol. The van der Waals surface area contributed by atoms with E-state index >= 15 is 0 Å². The number of likely N-dealkylation sites (N-methyl/N-ethyl adjacent to an activating group) is 1. The second-order valence-corrected chi connectivity index (χ2v) is 5.61. The van der Waals surface area contributed by atoms with Gasteiger partial charge < -0.3 is 19.3 Å². The van der Waals surface area contributed by atoms with E-state index in [-0.39, 0.29) is 13.2 Å². The largest absolute Gasteiger partial charge is 0.694 e. The average Bonchev–Trinajstić information content (AvgIpc) is 2.39. The molecule has 0 rings (SSSR count). The molecule has 0 heterocycles. The molecule has 0 bridgehead atoms. The van der Waals surface area contributed by atoms with Crippen LogP contribution in [0, 0.1) is 0 Å². The summed E-state index contributed by atoms with van der Waals surface area (Å²) < 4.78 is 25.7. The summed E-state index contributed by atoms with van der Waals surface area (Å²) in [6.45, 7) is 6.45. The van der Waals surface area contributed by atoms with Crippen molar-refractivity contribution in [1.29, 1.82) is 0 Å². The lowest BCUT2D eigenvalue weighted by molar-refractivity contribution is -0.890. The van der Waals surface area contributed by atoms with Crippen LogP contribution in [0.25, 0.3) is 0 Å². The highest BCUT2D eigenvalue weighted by Gasteiger charge is 2.19. The summed E-state index contributed by atoms with van der Waals surface area (Å²) in [7, 11) is 1.41. The van der Waals surface area contributed by atoms with E-state index in [4.69, 9.17) is 14.4 Å². The van der Waals surface area contributed by atoms with Crippen molar-refractivity contribution in [2.24, 2.45) is 0 Å². The van der Waals surface area contributed by atoms with Gasteiger partial charge in [0.05, 0.1) is 27.3 Å². The van der Waals surface area contributed by atoms with Crippen LogP contribution in [-0.2, 0) is 18.6 Å². The van der Waals surface area contributed by atoms with Gasteiger partial charge in [0.2, 0.25) is 0 Å². The highest BCUT2D eigenvalue weighted by atomic mass is 31.1. The molecule has 0 aromatic carbocycles. The molecular weight excluding hydrogens is 299 g/mol. The van der Waals surface area contributed by atoms with E-state index in [1.807, 2.05) is 14.1 Å². The zero-order valence-electron chi connectivity index (χ0n) is 12.6. The van der Waals surface area contributed by atoms with Gasteiger partial charge in [-0.2, -0.15) is 0 Å². The van der Waals surface area contributed by atoms with Crippen LogP contribution in [0.15, 0.2) is 12.7 Å². The maximum absolute atomic E-state index is 11.1. The summed E-state index contributed by atoms with van der Waals surface area (Å²) in [6.07, 6.45) is 0.997. The van der Waals surface area contributed by atoms with Crippen LogP contribution >= 0.6 is 8.25 Å². The number of nitrogens with zero attached hydrogens (tertiary/aromatic N) is 1. The molecule has 9 heteroatoms. The number of amides is 1. The van der Waals surface area contributed by atoms with Crippen LogP contribution < -0.4 is 5.32 Å². The van der Waals surface area contributed by atoms with Gasteiger partial charge in [-0.1, -0.05) is 12.7 Å². The molecule has 1 amide bonds. The number of rotatable bonds is 12. The Hall–Kier alpha value is -1.05. The maximum Gasteiger partial charge on any atom is 0.694 e. The van der Waals surface area contributed by atoms with Crippen LogP contribution in [0.2, 0.25) is 0 Å². The average molecular weight is 324 g/mol. The van der Waals surface area contributed by atoms with E-state index in [9.17, 15) is 9.36 Å². The van der Waals surface area contributed by atoms with E-state index in [1.54, 1.807) is 0 Å². The van der Waals surface area contributed by atoms with Crippen LogP contribution in [0.4, 0.5) is 4.79 Å². The first-order chi connectivity index (χ1) is 9.87. The fourth-order valence-corrected chi connectivity index (χ4v) is 1.54. The summed E-state index contributed by atoms with van der Waals surface area (Å²) >= 11 is 0. The molecule has 0 aliphatic rings. The Balaban J connectivity index is 3.54. The van der Waals surface area contributed by atoms with E-state index in [2.05, 4.69) is 16.4 Å². The minimum absolute atomic E-state index is 0.180. The lowest BCUT2D eigenvalue weighted by Crippen LogP contribution is -2.44. The van der Waals surface area contributed by atoms with Gasteiger partial charge in [0.1, 0.15) is 19.7 Å². The molecule has 8 nitrogen and oxygen atoms in total. The Morgan fingerprint density at radius 3 is 2.62 bits per heavy atom. The first-order valence-corrected chi connectivity index (χ1v) is 7.71. The third-order valence-electron chi connectivity index (χ3n) is 2.59. The summed E-state index contributed by atoms with van der Waals surface area (Å²) in [5.41, 5.74) is 0. The first-order valence-electron chi connectivity index (χ1n) is 6.58. The van der Waals surface area contributed by atoms with Gasteiger partial charge in [-0.15, -0.1) is 9.42 Å². The SMILES string of the molecule is C=CCOC(=O)NCCOCC[N+](C)(C)CCO[P+](=O)O. The van der Waals surface area contributed by atoms with Crippen molar-refractivity contribution in [3.8, 4) is 0 Å². The molecule has 0 fully saturated rings. The van der Waals surface area contributed by atoms with Gasteiger partial charge in [0.15, 0.2) is 6.61 Å². The molecule has 0 radical (unpaired) electrons. The fourth-order valence-electron chi connectivity index (χ4n) is 1.30. The smallest absolute Gasteiger partial charge is 0.445 e. The number of quaternary nitrogens is 1. The third kappa shape index (κ3) is 13.7. The fraction of sp³-hybridized carbons (Fsp3) is 0.750. The zero-order chi connectivity index (χ0) is 16.1. The number of ether oxygens (including phenoxy) is 2. The molecule has 0 aromatic rings. The number of hydrogen-bond donors (Lipinski definition) is 2. The van der Waals surface area contributed by atoms with Crippen molar-refractivity contribution in [2.75, 3.05) is 60.2 Å². The highest BCUT2D eigenvalue weighted by molar-refractivity contribution is 7.32. The number of carbonyl (C=O) groups excluding carboxylic acids is 1. The van der Waals surface area contributed by atoms with E-state index in [0.717, 1.165) is 6.54 Å². The molecular formula is C12H25N2O6P+2. The quantitative estimate of drug-likeness (QED) is 0.237. The lowest BCUT2D eigenvalue weighted by atomic mass is 10.4. The number of carbonyl (C=O) groups is 1. The Labute approximate surface area is 126 Å². The Morgan fingerprint density at radius 1 is 1.33 bits per heavy atom.